The molecule has 1 aromatic heterocycles. The van der Waals surface area contributed by atoms with Crippen LogP contribution in [-0.2, 0) is 0 Å². The van der Waals surface area contributed by atoms with Crippen molar-refractivity contribution >= 4 is 22.4 Å². The number of para-hydroxylation sites is 1. The van der Waals surface area contributed by atoms with Crippen molar-refractivity contribution in [3.63, 3.8) is 0 Å². The Bertz CT molecular complexity index is 815. The van der Waals surface area contributed by atoms with E-state index in [2.05, 4.69) is 5.10 Å². The van der Waals surface area contributed by atoms with Gasteiger partial charge < -0.3 is 0 Å². The number of halogens is 2. The van der Waals surface area contributed by atoms with Crippen molar-refractivity contribution in [1.29, 1.82) is 0 Å². The lowest BCUT2D eigenvalue weighted by Gasteiger charge is -2.07. The molecule has 0 saturated heterocycles. The molecule has 0 spiro atoms. The molecule has 19 heavy (non-hydrogen) atoms. The Kier molecular flexibility index (Phi) is 2.80. The van der Waals surface area contributed by atoms with Crippen LogP contribution in [-0.4, -0.2) is 9.78 Å². The smallest absolute Gasteiger partial charge is 0.267 e. The summed E-state index contributed by atoms with van der Waals surface area (Å²) >= 11 is 6.02. The molecular weight excluding hydrogens is 267 g/mol. The molecule has 0 aliphatic carbocycles. The molecule has 0 saturated carbocycles. The third-order valence-corrected chi connectivity index (χ3v) is 3.09. The predicted molar refractivity (Wildman–Crippen MR) is 72.3 cm³/mol. The fraction of sp³-hybridized carbons (Fsp3) is 0. The lowest BCUT2D eigenvalue weighted by Crippen LogP contribution is -2.21. The monoisotopic (exact) mass is 274 g/mol. The molecule has 0 N–H and O–H groups in total. The lowest BCUT2D eigenvalue weighted by molar-refractivity contribution is 0.629. The van der Waals surface area contributed by atoms with Gasteiger partial charge in [0.1, 0.15) is 5.82 Å². The Morgan fingerprint density at radius 1 is 1.05 bits per heavy atom. The van der Waals surface area contributed by atoms with Crippen molar-refractivity contribution in [1.82, 2.24) is 9.78 Å². The zero-order valence-corrected chi connectivity index (χ0v) is 10.4. The average molecular weight is 275 g/mol. The van der Waals surface area contributed by atoms with Crippen molar-refractivity contribution in [3.05, 3.63) is 69.9 Å². The molecule has 5 heteroatoms. The van der Waals surface area contributed by atoms with Gasteiger partial charge in [-0.25, -0.2) is 4.39 Å². The summed E-state index contributed by atoms with van der Waals surface area (Å²) in [5.41, 5.74) is 0.284. The molecule has 0 aliphatic heterocycles. The molecule has 1 heterocycles. The van der Waals surface area contributed by atoms with Crippen molar-refractivity contribution < 1.29 is 4.39 Å². The second kappa shape index (κ2) is 4.48. The van der Waals surface area contributed by atoms with E-state index < -0.39 is 5.82 Å². The molecule has 94 valence electrons. The van der Waals surface area contributed by atoms with Crippen molar-refractivity contribution in [2.24, 2.45) is 0 Å². The minimum absolute atomic E-state index is 0.0953. The van der Waals surface area contributed by atoms with Crippen LogP contribution < -0.4 is 5.56 Å². The predicted octanol–water partition coefficient (Wildman–Crippen LogP) is 3.18. The van der Waals surface area contributed by atoms with E-state index in [0.717, 1.165) is 0 Å². The zero-order valence-electron chi connectivity index (χ0n) is 9.68. The van der Waals surface area contributed by atoms with Gasteiger partial charge in [0.15, 0.2) is 5.15 Å². The molecule has 0 radical (unpaired) electrons. The second-order valence-corrected chi connectivity index (χ2v) is 4.39. The van der Waals surface area contributed by atoms with Gasteiger partial charge in [-0.1, -0.05) is 29.8 Å². The van der Waals surface area contributed by atoms with E-state index in [1.165, 1.54) is 22.9 Å². The largest absolute Gasteiger partial charge is 0.279 e. The number of rotatable bonds is 1. The maximum atomic E-state index is 13.2. The summed E-state index contributed by atoms with van der Waals surface area (Å²) in [4.78, 5) is 12.3. The van der Waals surface area contributed by atoms with Crippen LogP contribution in [0, 0.1) is 5.82 Å². The normalized spacial score (nSPS) is 10.8. The molecule has 0 amide bonds. The first-order valence-electron chi connectivity index (χ1n) is 5.60. The summed E-state index contributed by atoms with van der Waals surface area (Å²) in [7, 11) is 0. The third-order valence-electron chi connectivity index (χ3n) is 2.82. The zero-order chi connectivity index (χ0) is 13.4. The van der Waals surface area contributed by atoms with Crippen LogP contribution in [0.1, 0.15) is 0 Å². The Morgan fingerprint density at radius 3 is 2.53 bits per heavy atom. The molecule has 3 nitrogen and oxygen atoms in total. The van der Waals surface area contributed by atoms with E-state index in [-0.39, 0.29) is 10.7 Å². The van der Waals surface area contributed by atoms with E-state index in [9.17, 15) is 9.18 Å². The van der Waals surface area contributed by atoms with E-state index >= 15 is 0 Å². The summed E-state index contributed by atoms with van der Waals surface area (Å²) in [6.45, 7) is 0. The molecule has 3 rings (SSSR count). The Hall–Kier alpha value is -2.20. The highest BCUT2D eigenvalue weighted by atomic mass is 35.5. The first kappa shape index (κ1) is 11.9. The van der Waals surface area contributed by atoms with Gasteiger partial charge in [0.2, 0.25) is 0 Å². The van der Waals surface area contributed by atoms with Crippen LogP contribution in [0.4, 0.5) is 4.39 Å². The molecule has 2 aromatic carbocycles. The molecule has 0 unspecified atom stereocenters. The summed E-state index contributed by atoms with van der Waals surface area (Å²) in [5.74, 6) is -0.451. The van der Waals surface area contributed by atoms with Gasteiger partial charge in [-0.3, -0.25) is 4.79 Å². The van der Waals surface area contributed by atoms with Crippen LogP contribution in [0.5, 0.6) is 0 Å². The van der Waals surface area contributed by atoms with Crippen molar-refractivity contribution in [2.75, 3.05) is 0 Å². The molecule has 0 atom stereocenters. The van der Waals surface area contributed by atoms with Crippen LogP contribution in [0.15, 0.2) is 53.3 Å². The van der Waals surface area contributed by atoms with Gasteiger partial charge in [-0.05, 0) is 30.3 Å². The fourth-order valence-electron chi connectivity index (χ4n) is 1.92. The average Bonchev–Trinajstić information content (AvgIpc) is 2.43. The summed E-state index contributed by atoms with van der Waals surface area (Å²) < 4.78 is 14.4. The number of nitrogens with zero attached hydrogens (tertiary/aromatic N) is 2. The van der Waals surface area contributed by atoms with Gasteiger partial charge in [-0.15, -0.1) is 0 Å². The van der Waals surface area contributed by atoms with Gasteiger partial charge in [0.05, 0.1) is 11.1 Å². The van der Waals surface area contributed by atoms with E-state index in [0.29, 0.717) is 16.5 Å². The maximum absolute atomic E-state index is 13.2. The number of hydrogen-bond donors (Lipinski definition) is 0. The van der Waals surface area contributed by atoms with E-state index in [1.54, 1.807) is 24.3 Å². The minimum Gasteiger partial charge on any atom is -0.267 e. The highest BCUT2D eigenvalue weighted by Gasteiger charge is 2.10. The number of aromatic nitrogens is 2. The molecule has 0 fully saturated rings. The number of hydrogen-bond acceptors (Lipinski definition) is 2. The second-order valence-electron chi connectivity index (χ2n) is 4.03. The number of benzene rings is 2. The quantitative estimate of drug-likeness (QED) is 0.683. The topological polar surface area (TPSA) is 34.9 Å². The van der Waals surface area contributed by atoms with Gasteiger partial charge in [-0.2, -0.15) is 9.78 Å². The van der Waals surface area contributed by atoms with Gasteiger partial charge in [0.25, 0.3) is 5.56 Å². The molecule has 3 aromatic rings. The van der Waals surface area contributed by atoms with E-state index in [1.807, 2.05) is 6.07 Å². The third kappa shape index (κ3) is 2.00. The Labute approximate surface area is 112 Å². The standard InChI is InChI=1S/C14H8ClFN2O/c15-13-12-8-9(16)6-7-11(12)14(19)18(17-13)10-4-2-1-3-5-10/h1-8H. The summed E-state index contributed by atoms with van der Waals surface area (Å²) in [6.07, 6.45) is 0. The highest BCUT2D eigenvalue weighted by Crippen LogP contribution is 2.20. The molecule has 0 bridgehead atoms. The van der Waals surface area contributed by atoms with Gasteiger partial charge >= 0.3 is 0 Å². The Morgan fingerprint density at radius 2 is 1.79 bits per heavy atom. The highest BCUT2D eigenvalue weighted by molar-refractivity contribution is 6.34. The van der Waals surface area contributed by atoms with Crippen LogP contribution in [0.25, 0.3) is 16.5 Å². The summed E-state index contributed by atoms with van der Waals surface area (Å²) in [6, 6.07) is 12.8. The minimum atomic E-state index is -0.451. The maximum Gasteiger partial charge on any atom is 0.279 e. The van der Waals surface area contributed by atoms with Crippen LogP contribution in [0.3, 0.4) is 0 Å². The summed E-state index contributed by atoms with van der Waals surface area (Å²) in [5, 5.41) is 4.77. The fourth-order valence-corrected chi connectivity index (χ4v) is 2.15. The first-order valence-corrected chi connectivity index (χ1v) is 5.98. The molecule has 0 aliphatic rings. The van der Waals surface area contributed by atoms with Crippen LogP contribution in [0.2, 0.25) is 5.15 Å². The van der Waals surface area contributed by atoms with Gasteiger partial charge in [0, 0.05) is 5.39 Å². The SMILES string of the molecule is O=c1c2ccc(F)cc2c(Cl)nn1-c1ccccc1. The lowest BCUT2D eigenvalue weighted by atomic mass is 10.2. The number of fused-ring (bicyclic) bond motifs is 1. The Balaban J connectivity index is 2.38. The van der Waals surface area contributed by atoms with Crippen LogP contribution >= 0.6 is 11.6 Å². The first-order chi connectivity index (χ1) is 9.16. The van der Waals surface area contributed by atoms with Crippen molar-refractivity contribution in [2.45, 2.75) is 0 Å². The molecular formula is C14H8ClFN2O. The van der Waals surface area contributed by atoms with Crippen molar-refractivity contribution in [3.8, 4) is 5.69 Å². The van der Waals surface area contributed by atoms with E-state index in [4.69, 9.17) is 11.6 Å².